The van der Waals surface area contributed by atoms with Gasteiger partial charge in [0.1, 0.15) is 0 Å². The highest BCUT2D eigenvalue weighted by molar-refractivity contribution is 5.45. The normalized spacial score (nSPS) is 23.1. The summed E-state index contributed by atoms with van der Waals surface area (Å²) in [6.07, 6.45) is 2.14. The molecule has 0 bridgehead atoms. The van der Waals surface area contributed by atoms with Crippen molar-refractivity contribution in [3.63, 3.8) is 0 Å². The lowest BCUT2D eigenvalue weighted by Crippen LogP contribution is -2.23. The quantitative estimate of drug-likeness (QED) is 0.750. The summed E-state index contributed by atoms with van der Waals surface area (Å²) in [5, 5.41) is 9.46. The molecule has 4 heteroatoms. The van der Waals surface area contributed by atoms with Crippen molar-refractivity contribution < 1.29 is 9.50 Å². The Morgan fingerprint density at radius 2 is 2.47 bits per heavy atom. The van der Waals surface area contributed by atoms with Gasteiger partial charge in [0.15, 0.2) is 0 Å². The number of anilines is 1. The fraction of sp³-hybridized carbons (Fsp3) is 0.545. The van der Waals surface area contributed by atoms with E-state index in [0.29, 0.717) is 5.92 Å². The van der Waals surface area contributed by atoms with Crippen LogP contribution < -0.4 is 4.90 Å². The van der Waals surface area contributed by atoms with E-state index in [4.69, 9.17) is 0 Å². The number of aromatic nitrogens is 1. The van der Waals surface area contributed by atoms with E-state index < -0.39 is 5.95 Å². The van der Waals surface area contributed by atoms with Gasteiger partial charge in [-0.1, -0.05) is 0 Å². The van der Waals surface area contributed by atoms with E-state index in [0.717, 1.165) is 25.2 Å². The van der Waals surface area contributed by atoms with Gasteiger partial charge in [0.25, 0.3) is 0 Å². The zero-order valence-corrected chi connectivity index (χ0v) is 8.73. The molecule has 2 rings (SSSR count). The van der Waals surface area contributed by atoms with Crippen molar-refractivity contribution in [2.24, 2.45) is 5.92 Å². The number of hydrogen-bond donors (Lipinski definition) is 1. The maximum absolute atomic E-state index is 12.9. The zero-order valence-electron chi connectivity index (χ0n) is 8.73. The molecule has 1 aromatic heterocycles. The molecule has 2 atom stereocenters. The summed E-state index contributed by atoms with van der Waals surface area (Å²) >= 11 is 0. The molecule has 2 unspecified atom stereocenters. The van der Waals surface area contributed by atoms with Crippen LogP contribution in [0.1, 0.15) is 13.3 Å². The lowest BCUT2D eigenvalue weighted by atomic mass is 10.0. The Balaban J connectivity index is 2.08. The average molecular weight is 210 g/mol. The second-order valence-electron chi connectivity index (χ2n) is 4.07. The monoisotopic (exact) mass is 210 g/mol. The second-order valence-corrected chi connectivity index (χ2v) is 4.07. The van der Waals surface area contributed by atoms with Crippen LogP contribution in [0, 0.1) is 11.9 Å². The molecule has 1 N–H and O–H groups in total. The van der Waals surface area contributed by atoms with Gasteiger partial charge in [0.05, 0.1) is 6.10 Å². The van der Waals surface area contributed by atoms with Gasteiger partial charge in [-0.05, 0) is 19.4 Å². The molecule has 0 amide bonds. The predicted octanol–water partition coefficient (Wildman–Crippen LogP) is 1.43. The predicted molar refractivity (Wildman–Crippen MR) is 56.2 cm³/mol. The van der Waals surface area contributed by atoms with Crippen LogP contribution in [0.4, 0.5) is 10.1 Å². The first kappa shape index (κ1) is 10.4. The van der Waals surface area contributed by atoms with Crippen LogP contribution in [-0.4, -0.2) is 29.3 Å². The Morgan fingerprint density at radius 1 is 1.67 bits per heavy atom. The van der Waals surface area contributed by atoms with Crippen molar-refractivity contribution in [2.45, 2.75) is 19.4 Å². The first-order chi connectivity index (χ1) is 7.16. The third kappa shape index (κ3) is 2.26. The first-order valence-corrected chi connectivity index (χ1v) is 5.21. The van der Waals surface area contributed by atoms with Gasteiger partial charge in [0.2, 0.25) is 5.95 Å². The van der Waals surface area contributed by atoms with E-state index >= 15 is 0 Å². The lowest BCUT2D eigenvalue weighted by Gasteiger charge is -2.19. The fourth-order valence-corrected chi connectivity index (χ4v) is 2.00. The van der Waals surface area contributed by atoms with E-state index in [1.165, 1.54) is 12.3 Å². The van der Waals surface area contributed by atoms with E-state index in [1.54, 1.807) is 13.0 Å². The van der Waals surface area contributed by atoms with Gasteiger partial charge in [-0.2, -0.15) is 4.39 Å². The zero-order chi connectivity index (χ0) is 10.8. The number of hydrogen-bond acceptors (Lipinski definition) is 3. The number of aliphatic hydroxyl groups excluding tert-OH is 1. The molecule has 15 heavy (non-hydrogen) atoms. The second kappa shape index (κ2) is 4.14. The SMILES string of the molecule is CC(O)C1CCN(c2ccnc(F)c2)C1. The molecule has 0 spiro atoms. The standard InChI is InChI=1S/C11H15FN2O/c1-8(15)9-3-5-14(7-9)10-2-4-13-11(12)6-10/h2,4,6,8-9,15H,3,5,7H2,1H3. The summed E-state index contributed by atoms with van der Waals surface area (Å²) in [7, 11) is 0. The molecule has 0 saturated carbocycles. The lowest BCUT2D eigenvalue weighted by molar-refractivity contribution is 0.136. The fourth-order valence-electron chi connectivity index (χ4n) is 2.00. The van der Waals surface area contributed by atoms with Crippen molar-refractivity contribution >= 4 is 5.69 Å². The maximum atomic E-state index is 12.9. The number of pyridine rings is 1. The summed E-state index contributed by atoms with van der Waals surface area (Å²) in [5.41, 5.74) is 0.852. The van der Waals surface area contributed by atoms with Crippen LogP contribution in [0.5, 0.6) is 0 Å². The topological polar surface area (TPSA) is 36.4 Å². The van der Waals surface area contributed by atoms with E-state index in [2.05, 4.69) is 9.88 Å². The van der Waals surface area contributed by atoms with Crippen LogP contribution in [0.2, 0.25) is 0 Å². The summed E-state index contributed by atoms with van der Waals surface area (Å²) in [5.74, 6) is -0.158. The highest BCUT2D eigenvalue weighted by Gasteiger charge is 2.26. The Bertz CT molecular complexity index is 343. The van der Waals surface area contributed by atoms with Gasteiger partial charge in [-0.15, -0.1) is 0 Å². The van der Waals surface area contributed by atoms with Crippen LogP contribution in [0.25, 0.3) is 0 Å². The summed E-state index contributed by atoms with van der Waals surface area (Å²) < 4.78 is 12.9. The molecular weight excluding hydrogens is 195 g/mol. The smallest absolute Gasteiger partial charge is 0.214 e. The molecule has 1 fully saturated rings. The minimum atomic E-state index is -0.451. The molecular formula is C11H15FN2O. The molecule has 1 aliphatic rings. The van der Waals surface area contributed by atoms with Crippen LogP contribution >= 0.6 is 0 Å². The van der Waals surface area contributed by atoms with Crippen LogP contribution in [0.3, 0.4) is 0 Å². The third-order valence-electron chi connectivity index (χ3n) is 2.98. The van der Waals surface area contributed by atoms with E-state index in [-0.39, 0.29) is 6.10 Å². The Hall–Kier alpha value is -1.16. The third-order valence-corrected chi connectivity index (χ3v) is 2.98. The minimum absolute atomic E-state index is 0.290. The molecule has 1 aliphatic heterocycles. The molecule has 3 nitrogen and oxygen atoms in total. The highest BCUT2D eigenvalue weighted by Crippen LogP contribution is 2.25. The number of rotatable bonds is 2. The number of nitrogens with zero attached hydrogens (tertiary/aromatic N) is 2. The van der Waals surface area contributed by atoms with Gasteiger partial charge >= 0.3 is 0 Å². The van der Waals surface area contributed by atoms with Crippen molar-refractivity contribution in [1.82, 2.24) is 4.98 Å². The van der Waals surface area contributed by atoms with Crippen molar-refractivity contribution in [3.05, 3.63) is 24.3 Å². The number of aliphatic hydroxyl groups is 1. The molecule has 0 aromatic carbocycles. The van der Waals surface area contributed by atoms with Crippen molar-refractivity contribution in [1.29, 1.82) is 0 Å². The van der Waals surface area contributed by atoms with Crippen molar-refractivity contribution in [2.75, 3.05) is 18.0 Å². The maximum Gasteiger partial charge on any atom is 0.214 e. The molecule has 2 heterocycles. The molecule has 82 valence electrons. The Kier molecular flexibility index (Phi) is 2.86. The summed E-state index contributed by atoms with van der Waals surface area (Å²) in [4.78, 5) is 5.61. The average Bonchev–Trinajstić information content (AvgIpc) is 2.66. The summed E-state index contributed by atoms with van der Waals surface area (Å²) in [6.45, 7) is 3.47. The van der Waals surface area contributed by atoms with Gasteiger partial charge in [-0.3, -0.25) is 0 Å². The largest absolute Gasteiger partial charge is 0.393 e. The molecule has 0 aliphatic carbocycles. The molecule has 1 saturated heterocycles. The van der Waals surface area contributed by atoms with Gasteiger partial charge in [-0.25, -0.2) is 4.98 Å². The highest BCUT2D eigenvalue weighted by atomic mass is 19.1. The summed E-state index contributed by atoms with van der Waals surface area (Å²) in [6, 6.07) is 3.23. The first-order valence-electron chi connectivity index (χ1n) is 5.21. The Labute approximate surface area is 88.6 Å². The molecule has 0 radical (unpaired) electrons. The molecule has 1 aromatic rings. The minimum Gasteiger partial charge on any atom is -0.393 e. The van der Waals surface area contributed by atoms with E-state index in [1.807, 2.05) is 0 Å². The van der Waals surface area contributed by atoms with Gasteiger partial charge in [0, 0.05) is 37.0 Å². The van der Waals surface area contributed by atoms with Crippen LogP contribution in [0.15, 0.2) is 18.3 Å². The number of halogens is 1. The van der Waals surface area contributed by atoms with Crippen LogP contribution in [-0.2, 0) is 0 Å². The van der Waals surface area contributed by atoms with E-state index in [9.17, 15) is 9.50 Å². The Morgan fingerprint density at radius 3 is 3.07 bits per heavy atom. The van der Waals surface area contributed by atoms with Gasteiger partial charge < -0.3 is 10.0 Å². The van der Waals surface area contributed by atoms with Crippen molar-refractivity contribution in [3.8, 4) is 0 Å².